The first-order valence-electron chi connectivity index (χ1n) is 6.65. The van der Waals surface area contributed by atoms with Crippen LogP contribution in [0.1, 0.15) is 37.0 Å². The Hall–Kier alpha value is -1.53. The van der Waals surface area contributed by atoms with Crippen molar-refractivity contribution in [1.29, 1.82) is 5.26 Å². The van der Waals surface area contributed by atoms with E-state index in [-0.39, 0.29) is 5.41 Å². The molecular weight excluding hydrogens is 236 g/mol. The molecule has 0 unspecified atom stereocenters. The van der Waals surface area contributed by atoms with Crippen LogP contribution in [-0.4, -0.2) is 20.2 Å². The van der Waals surface area contributed by atoms with E-state index in [0.29, 0.717) is 6.42 Å². The fraction of sp³-hybridized carbons (Fsp3) is 0.562. The van der Waals surface area contributed by atoms with Crippen molar-refractivity contribution in [3.63, 3.8) is 0 Å². The second-order valence-electron chi connectivity index (χ2n) is 5.63. The molecule has 104 valence electrons. The molecule has 0 aliphatic carbocycles. The maximum absolute atomic E-state index is 8.56. The highest BCUT2D eigenvalue weighted by Gasteiger charge is 2.26. The number of hydrogen-bond donors (Lipinski definition) is 1. The molecule has 0 atom stereocenters. The number of aryl methyl sites for hydroxylation is 2. The third kappa shape index (κ3) is 3.97. The summed E-state index contributed by atoms with van der Waals surface area (Å²) in [6.07, 6.45) is 0.542. The van der Waals surface area contributed by atoms with Gasteiger partial charge in [0.1, 0.15) is 5.75 Å². The van der Waals surface area contributed by atoms with Crippen molar-refractivity contribution in [2.75, 3.05) is 20.2 Å². The molecule has 0 spiro atoms. The minimum Gasteiger partial charge on any atom is -0.496 e. The molecule has 19 heavy (non-hydrogen) atoms. The van der Waals surface area contributed by atoms with Crippen molar-refractivity contribution < 1.29 is 4.74 Å². The third-order valence-corrected chi connectivity index (χ3v) is 3.32. The lowest BCUT2D eigenvalue weighted by Crippen LogP contribution is -2.34. The first-order valence-corrected chi connectivity index (χ1v) is 6.65. The zero-order valence-corrected chi connectivity index (χ0v) is 12.6. The third-order valence-electron chi connectivity index (χ3n) is 3.32. The van der Waals surface area contributed by atoms with E-state index in [0.717, 1.165) is 18.8 Å². The molecule has 1 rings (SSSR count). The summed E-state index contributed by atoms with van der Waals surface area (Å²) >= 11 is 0. The van der Waals surface area contributed by atoms with Crippen molar-refractivity contribution in [3.05, 3.63) is 28.8 Å². The molecule has 1 aromatic carbocycles. The lowest BCUT2D eigenvalue weighted by molar-refractivity contribution is 0.384. The average molecular weight is 260 g/mol. The Morgan fingerprint density at radius 3 is 2.58 bits per heavy atom. The summed E-state index contributed by atoms with van der Waals surface area (Å²) in [6, 6.07) is 6.42. The molecule has 0 aromatic heterocycles. The van der Waals surface area contributed by atoms with Crippen LogP contribution in [-0.2, 0) is 5.41 Å². The number of nitrogens with one attached hydrogen (secondary N) is 1. The van der Waals surface area contributed by atoms with Gasteiger partial charge in [-0.2, -0.15) is 5.26 Å². The summed E-state index contributed by atoms with van der Waals surface area (Å²) in [5.41, 5.74) is 3.68. The van der Waals surface area contributed by atoms with Crippen LogP contribution in [0.2, 0.25) is 0 Å². The predicted molar refractivity (Wildman–Crippen MR) is 78.6 cm³/mol. The van der Waals surface area contributed by atoms with Gasteiger partial charge in [0.05, 0.1) is 13.2 Å². The van der Waals surface area contributed by atoms with E-state index in [2.05, 4.69) is 51.2 Å². The minimum absolute atomic E-state index is 0.0292. The molecule has 0 heterocycles. The van der Waals surface area contributed by atoms with Crippen molar-refractivity contribution in [2.45, 2.75) is 39.5 Å². The molecule has 0 saturated heterocycles. The highest BCUT2D eigenvalue weighted by atomic mass is 16.5. The Balaban J connectivity index is 2.97. The molecule has 0 amide bonds. The SMILES string of the molecule is COc1cc(C)cc(C)c1C(C)(C)CNCCC#N. The molecule has 0 radical (unpaired) electrons. The fourth-order valence-corrected chi connectivity index (χ4v) is 2.59. The zero-order chi connectivity index (χ0) is 14.5. The summed E-state index contributed by atoms with van der Waals surface area (Å²) in [5, 5.41) is 11.9. The second kappa shape index (κ2) is 6.58. The Labute approximate surface area is 116 Å². The quantitative estimate of drug-likeness (QED) is 0.799. The standard InChI is InChI=1S/C16H24N2O/c1-12-9-13(2)15(14(10-12)19-5)16(3,4)11-18-8-6-7-17/h9-10,18H,6,8,11H2,1-5H3. The van der Waals surface area contributed by atoms with E-state index in [9.17, 15) is 0 Å². The molecule has 1 aromatic rings. The number of nitrogens with zero attached hydrogens (tertiary/aromatic N) is 1. The van der Waals surface area contributed by atoms with Gasteiger partial charge in [0, 0.05) is 30.5 Å². The van der Waals surface area contributed by atoms with Crippen LogP contribution in [0.25, 0.3) is 0 Å². The van der Waals surface area contributed by atoms with Crippen LogP contribution in [0, 0.1) is 25.2 Å². The molecular formula is C16H24N2O. The van der Waals surface area contributed by atoms with Crippen LogP contribution < -0.4 is 10.1 Å². The molecule has 0 aliphatic heterocycles. The van der Waals surface area contributed by atoms with Crippen LogP contribution in [0.3, 0.4) is 0 Å². The number of nitriles is 1. The Bertz CT molecular complexity index is 472. The molecule has 3 nitrogen and oxygen atoms in total. The summed E-state index contributed by atoms with van der Waals surface area (Å²) in [6.45, 7) is 10.2. The molecule has 0 aliphatic rings. The van der Waals surface area contributed by atoms with Crippen molar-refractivity contribution in [1.82, 2.24) is 5.32 Å². The van der Waals surface area contributed by atoms with Crippen molar-refractivity contribution in [3.8, 4) is 11.8 Å². The van der Waals surface area contributed by atoms with Gasteiger partial charge in [-0.3, -0.25) is 0 Å². The highest BCUT2D eigenvalue weighted by Crippen LogP contribution is 2.35. The first kappa shape index (κ1) is 15.5. The lowest BCUT2D eigenvalue weighted by Gasteiger charge is -2.29. The Kier molecular flexibility index (Phi) is 5.38. The highest BCUT2D eigenvalue weighted by molar-refractivity contribution is 5.47. The van der Waals surface area contributed by atoms with Gasteiger partial charge in [0.2, 0.25) is 0 Å². The smallest absolute Gasteiger partial charge is 0.123 e. The van der Waals surface area contributed by atoms with E-state index in [4.69, 9.17) is 10.00 Å². The monoisotopic (exact) mass is 260 g/mol. The molecule has 0 fully saturated rings. The van der Waals surface area contributed by atoms with Gasteiger partial charge in [-0.15, -0.1) is 0 Å². The second-order valence-corrected chi connectivity index (χ2v) is 5.63. The van der Waals surface area contributed by atoms with Gasteiger partial charge in [-0.1, -0.05) is 19.9 Å². The number of methoxy groups -OCH3 is 1. The summed E-state index contributed by atoms with van der Waals surface area (Å²) in [5.74, 6) is 0.949. The Morgan fingerprint density at radius 1 is 1.32 bits per heavy atom. The van der Waals surface area contributed by atoms with E-state index in [1.165, 1.54) is 16.7 Å². The van der Waals surface area contributed by atoms with Gasteiger partial charge < -0.3 is 10.1 Å². The van der Waals surface area contributed by atoms with Crippen LogP contribution >= 0.6 is 0 Å². The molecule has 0 saturated carbocycles. The van der Waals surface area contributed by atoms with Gasteiger partial charge >= 0.3 is 0 Å². The lowest BCUT2D eigenvalue weighted by atomic mass is 9.80. The predicted octanol–water partition coefficient (Wildman–Crippen LogP) is 3.09. The Morgan fingerprint density at radius 2 is 2.00 bits per heavy atom. The minimum atomic E-state index is -0.0292. The van der Waals surface area contributed by atoms with Gasteiger partial charge in [0.15, 0.2) is 0 Å². The summed E-state index contributed by atoms with van der Waals surface area (Å²) in [4.78, 5) is 0. The number of hydrogen-bond acceptors (Lipinski definition) is 3. The van der Waals surface area contributed by atoms with E-state index >= 15 is 0 Å². The van der Waals surface area contributed by atoms with Gasteiger partial charge in [-0.05, 0) is 31.0 Å². The maximum atomic E-state index is 8.56. The summed E-state index contributed by atoms with van der Waals surface area (Å²) < 4.78 is 5.54. The largest absolute Gasteiger partial charge is 0.496 e. The van der Waals surface area contributed by atoms with Crippen LogP contribution in [0.4, 0.5) is 0 Å². The van der Waals surface area contributed by atoms with Crippen molar-refractivity contribution in [2.24, 2.45) is 0 Å². The average Bonchev–Trinajstić information content (AvgIpc) is 2.33. The zero-order valence-electron chi connectivity index (χ0n) is 12.6. The number of rotatable bonds is 6. The van der Waals surface area contributed by atoms with Crippen LogP contribution in [0.5, 0.6) is 5.75 Å². The normalized spacial score (nSPS) is 11.2. The van der Waals surface area contributed by atoms with E-state index in [1.807, 2.05) is 0 Å². The molecule has 3 heteroatoms. The maximum Gasteiger partial charge on any atom is 0.123 e. The van der Waals surface area contributed by atoms with Gasteiger partial charge in [0.25, 0.3) is 0 Å². The first-order chi connectivity index (χ1) is 8.92. The molecule has 1 N–H and O–H groups in total. The molecule has 0 bridgehead atoms. The number of ether oxygens (including phenoxy) is 1. The summed E-state index contributed by atoms with van der Waals surface area (Å²) in [7, 11) is 1.72. The van der Waals surface area contributed by atoms with E-state index in [1.54, 1.807) is 7.11 Å². The van der Waals surface area contributed by atoms with Gasteiger partial charge in [-0.25, -0.2) is 0 Å². The fourth-order valence-electron chi connectivity index (χ4n) is 2.59. The topological polar surface area (TPSA) is 45.0 Å². The number of benzene rings is 1. The van der Waals surface area contributed by atoms with Crippen LogP contribution in [0.15, 0.2) is 12.1 Å². The van der Waals surface area contributed by atoms with Crippen molar-refractivity contribution >= 4 is 0 Å². The van der Waals surface area contributed by atoms with E-state index < -0.39 is 0 Å².